The van der Waals surface area contributed by atoms with E-state index >= 15 is 0 Å². The summed E-state index contributed by atoms with van der Waals surface area (Å²) >= 11 is 0. The normalized spacial score (nSPS) is 40.5. The molecule has 4 aliphatic carbocycles. The third kappa shape index (κ3) is 2.74. The lowest BCUT2D eigenvalue weighted by atomic mass is 9.52. The predicted octanol–water partition coefficient (Wildman–Crippen LogP) is 1.18. The Morgan fingerprint density at radius 3 is 2.29 bits per heavy atom. The molecule has 0 heterocycles. The molecule has 2 unspecified atom stereocenters. The van der Waals surface area contributed by atoms with E-state index in [1.807, 2.05) is 0 Å². The first kappa shape index (κ1) is 15.0. The molecule has 0 spiro atoms. The van der Waals surface area contributed by atoms with E-state index < -0.39 is 11.7 Å². The molecule has 0 amide bonds. The average molecular weight is 296 g/mol. The highest BCUT2D eigenvalue weighted by Gasteiger charge is 2.60. The Morgan fingerprint density at radius 2 is 1.76 bits per heavy atom. The number of esters is 1. The number of carbonyl (C=O) groups is 1. The first-order valence-electron chi connectivity index (χ1n) is 7.77. The van der Waals surface area contributed by atoms with E-state index in [0.29, 0.717) is 18.3 Å². The van der Waals surface area contributed by atoms with Crippen LogP contribution < -0.4 is 0 Å². The van der Waals surface area contributed by atoms with Crippen molar-refractivity contribution in [3.63, 3.8) is 0 Å². The third-order valence-corrected chi connectivity index (χ3v) is 5.26. The van der Waals surface area contributed by atoms with Gasteiger partial charge in [0.2, 0.25) is 0 Å². The van der Waals surface area contributed by atoms with Crippen molar-refractivity contribution in [2.45, 2.75) is 55.8 Å². The second-order valence-corrected chi connectivity index (χ2v) is 7.06. The fraction of sp³-hybridized carbons (Fsp3) is 0.812. The van der Waals surface area contributed by atoms with Crippen LogP contribution >= 0.6 is 0 Å². The molecule has 4 saturated carbocycles. The largest absolute Gasteiger partial charge is 0.456 e. The fourth-order valence-corrected chi connectivity index (χ4v) is 5.09. The van der Waals surface area contributed by atoms with Crippen molar-refractivity contribution in [3.8, 4) is 0 Å². The number of aliphatic hydroxyl groups excluding tert-OH is 2. The van der Waals surface area contributed by atoms with Gasteiger partial charge in [0.15, 0.2) is 0 Å². The van der Waals surface area contributed by atoms with Crippen LogP contribution in [-0.4, -0.2) is 46.7 Å². The molecule has 4 rings (SSSR count). The molecule has 0 aliphatic heterocycles. The molecule has 4 aliphatic rings. The number of hydrogen-bond acceptors (Lipinski definition) is 5. The molecule has 5 heteroatoms. The van der Waals surface area contributed by atoms with Gasteiger partial charge >= 0.3 is 5.97 Å². The van der Waals surface area contributed by atoms with Crippen LogP contribution in [0.1, 0.15) is 38.5 Å². The van der Waals surface area contributed by atoms with E-state index in [1.54, 1.807) is 0 Å². The fourth-order valence-electron chi connectivity index (χ4n) is 5.09. The molecular formula is C16H24O5. The quantitative estimate of drug-likeness (QED) is 0.568. The zero-order valence-electron chi connectivity index (χ0n) is 12.3. The van der Waals surface area contributed by atoms with Gasteiger partial charge in [-0.2, -0.15) is 0 Å². The van der Waals surface area contributed by atoms with Crippen molar-refractivity contribution >= 4 is 5.97 Å². The van der Waals surface area contributed by atoms with Gasteiger partial charge in [-0.25, -0.2) is 4.79 Å². The molecular weight excluding hydrogens is 272 g/mol. The molecule has 0 aromatic rings. The Kier molecular flexibility index (Phi) is 3.84. The topological polar surface area (TPSA) is 76.0 Å². The average Bonchev–Trinajstić information content (AvgIpc) is 2.42. The number of ether oxygens (including phenoxy) is 2. The van der Waals surface area contributed by atoms with Crippen LogP contribution in [-0.2, 0) is 14.3 Å². The number of rotatable bonds is 6. The van der Waals surface area contributed by atoms with Crippen LogP contribution in [0.5, 0.6) is 0 Å². The molecule has 4 fully saturated rings. The standard InChI is InChI=1S/C16H24O5/c1-2-14(19)21-16-6-11-3-12(7-16)5-15(4-11,10-16)20-13(8-17)9-18/h2,11-13,17-18H,1,3-10H2. The summed E-state index contributed by atoms with van der Waals surface area (Å²) in [6.07, 6.45) is 6.18. The van der Waals surface area contributed by atoms with Gasteiger partial charge in [0.25, 0.3) is 0 Å². The highest BCUT2D eigenvalue weighted by molar-refractivity contribution is 5.81. The van der Waals surface area contributed by atoms with Gasteiger partial charge in [0, 0.05) is 12.5 Å². The van der Waals surface area contributed by atoms with Crippen molar-refractivity contribution in [1.29, 1.82) is 0 Å². The van der Waals surface area contributed by atoms with Crippen LogP contribution in [0.2, 0.25) is 0 Å². The summed E-state index contributed by atoms with van der Waals surface area (Å²) in [6.45, 7) is 3.10. The van der Waals surface area contributed by atoms with Gasteiger partial charge in [-0.3, -0.25) is 0 Å². The molecule has 2 N–H and O–H groups in total. The van der Waals surface area contributed by atoms with Crippen LogP contribution in [0.3, 0.4) is 0 Å². The Hall–Kier alpha value is -0.910. The van der Waals surface area contributed by atoms with Crippen LogP contribution in [0, 0.1) is 11.8 Å². The SMILES string of the molecule is C=CC(=O)OC12CC3CC(C1)CC(OC(CO)CO)(C3)C2. The van der Waals surface area contributed by atoms with Gasteiger partial charge in [-0.15, -0.1) is 0 Å². The maximum Gasteiger partial charge on any atom is 0.330 e. The molecule has 0 aromatic heterocycles. The van der Waals surface area contributed by atoms with Gasteiger partial charge in [0.1, 0.15) is 11.7 Å². The van der Waals surface area contributed by atoms with Gasteiger partial charge < -0.3 is 19.7 Å². The molecule has 118 valence electrons. The highest BCUT2D eigenvalue weighted by atomic mass is 16.6. The molecule has 21 heavy (non-hydrogen) atoms. The minimum atomic E-state index is -0.548. The van der Waals surface area contributed by atoms with Crippen molar-refractivity contribution < 1.29 is 24.5 Å². The molecule has 2 atom stereocenters. The highest BCUT2D eigenvalue weighted by Crippen LogP contribution is 2.60. The third-order valence-electron chi connectivity index (χ3n) is 5.26. The Morgan fingerprint density at radius 1 is 1.19 bits per heavy atom. The van der Waals surface area contributed by atoms with Crippen LogP contribution in [0.4, 0.5) is 0 Å². The Bertz CT molecular complexity index is 414. The van der Waals surface area contributed by atoms with Gasteiger partial charge in [0.05, 0.1) is 18.8 Å². The number of aliphatic hydroxyl groups is 2. The number of carbonyl (C=O) groups excluding carboxylic acids is 1. The Balaban J connectivity index is 1.80. The summed E-state index contributed by atoms with van der Waals surface area (Å²) in [5.41, 5.74) is -0.799. The van der Waals surface area contributed by atoms with E-state index in [0.717, 1.165) is 25.7 Å². The molecule has 0 aromatic carbocycles. The Labute approximate surface area is 124 Å². The molecule has 0 saturated heterocycles. The van der Waals surface area contributed by atoms with E-state index in [4.69, 9.17) is 9.47 Å². The minimum absolute atomic E-state index is 0.187. The lowest BCUT2D eigenvalue weighted by Crippen LogP contribution is -2.62. The lowest BCUT2D eigenvalue weighted by molar-refractivity contribution is -0.249. The molecule has 4 bridgehead atoms. The van der Waals surface area contributed by atoms with Crippen molar-refractivity contribution in [3.05, 3.63) is 12.7 Å². The van der Waals surface area contributed by atoms with E-state index in [9.17, 15) is 15.0 Å². The first-order chi connectivity index (χ1) is 10.0. The maximum atomic E-state index is 11.7. The van der Waals surface area contributed by atoms with E-state index in [2.05, 4.69) is 6.58 Å². The molecule has 0 radical (unpaired) electrons. The lowest BCUT2D eigenvalue weighted by Gasteiger charge is -2.61. The summed E-state index contributed by atoms with van der Waals surface area (Å²) in [5.74, 6) is 0.636. The summed E-state index contributed by atoms with van der Waals surface area (Å²) in [7, 11) is 0. The van der Waals surface area contributed by atoms with E-state index in [-0.39, 0.29) is 24.8 Å². The van der Waals surface area contributed by atoms with Crippen molar-refractivity contribution in [1.82, 2.24) is 0 Å². The first-order valence-corrected chi connectivity index (χ1v) is 7.77. The second kappa shape index (κ2) is 5.38. The summed E-state index contributed by atoms with van der Waals surface area (Å²) < 4.78 is 11.8. The van der Waals surface area contributed by atoms with Crippen molar-refractivity contribution in [2.75, 3.05) is 13.2 Å². The van der Waals surface area contributed by atoms with Gasteiger partial charge in [-0.1, -0.05) is 6.58 Å². The summed E-state index contributed by atoms with van der Waals surface area (Å²) in [5, 5.41) is 18.6. The molecule has 5 nitrogen and oxygen atoms in total. The predicted molar refractivity (Wildman–Crippen MR) is 75.5 cm³/mol. The van der Waals surface area contributed by atoms with Crippen LogP contribution in [0.15, 0.2) is 12.7 Å². The smallest absolute Gasteiger partial charge is 0.330 e. The van der Waals surface area contributed by atoms with E-state index in [1.165, 1.54) is 12.5 Å². The number of hydrogen-bond donors (Lipinski definition) is 2. The zero-order chi connectivity index (χ0) is 15.1. The summed E-state index contributed by atoms with van der Waals surface area (Å²) in [4.78, 5) is 11.7. The second-order valence-electron chi connectivity index (χ2n) is 7.06. The minimum Gasteiger partial charge on any atom is -0.456 e. The maximum absolute atomic E-state index is 11.7. The van der Waals surface area contributed by atoms with Crippen LogP contribution in [0.25, 0.3) is 0 Å². The van der Waals surface area contributed by atoms with Gasteiger partial charge in [-0.05, 0) is 43.9 Å². The zero-order valence-corrected chi connectivity index (χ0v) is 12.3. The monoisotopic (exact) mass is 296 g/mol. The van der Waals surface area contributed by atoms with Crippen molar-refractivity contribution in [2.24, 2.45) is 11.8 Å². The summed E-state index contributed by atoms with van der Waals surface area (Å²) in [6, 6.07) is 0.